The highest BCUT2D eigenvalue weighted by atomic mass is 35.5. The van der Waals surface area contributed by atoms with Crippen molar-refractivity contribution in [2.24, 2.45) is 0 Å². The molecule has 4 atom stereocenters. The number of alkyl halides is 1. The molecule has 0 amide bonds. The topological polar surface area (TPSA) is 105 Å². The Bertz CT molecular complexity index is 676. The maximum atomic E-state index is 11.8. The first-order valence-corrected chi connectivity index (χ1v) is 6.27. The zero-order valence-corrected chi connectivity index (χ0v) is 11.4. The third-order valence-corrected chi connectivity index (χ3v) is 3.57. The molecule has 0 saturated carbocycles. The van der Waals surface area contributed by atoms with Crippen LogP contribution >= 0.6 is 23.2 Å². The number of rotatable bonds is 2. The van der Waals surface area contributed by atoms with E-state index in [0.29, 0.717) is 0 Å². The molecule has 108 valence electrons. The lowest BCUT2D eigenvalue weighted by Crippen LogP contribution is -2.44. The van der Waals surface area contributed by atoms with E-state index in [1.165, 1.54) is 0 Å². The molecule has 0 bridgehead atoms. The summed E-state index contributed by atoms with van der Waals surface area (Å²) in [4.78, 5) is 23.1. The third-order valence-electron chi connectivity index (χ3n) is 2.97. The first kappa shape index (κ1) is 15.1. The van der Waals surface area contributed by atoms with E-state index in [4.69, 9.17) is 33.0 Å². The number of nitrogens with zero attached hydrogens (tertiary/aromatic N) is 1. The van der Waals surface area contributed by atoms with Crippen LogP contribution in [0.4, 0.5) is 0 Å². The van der Waals surface area contributed by atoms with Crippen LogP contribution in [-0.2, 0) is 4.74 Å². The second-order valence-electron chi connectivity index (χ2n) is 4.16. The Kier molecular flexibility index (Phi) is 4.22. The molecule has 2 heterocycles. The molecule has 7 nitrogen and oxygen atoms in total. The quantitative estimate of drug-likeness (QED) is 0.477. The number of aromatic nitrogens is 2. The van der Waals surface area contributed by atoms with Gasteiger partial charge in [-0.3, -0.25) is 14.3 Å². The Labute approximate surface area is 122 Å². The van der Waals surface area contributed by atoms with Crippen molar-refractivity contribution in [2.45, 2.75) is 23.3 Å². The molecule has 3 N–H and O–H groups in total. The second kappa shape index (κ2) is 5.60. The Hall–Kier alpha value is -1.30. The van der Waals surface area contributed by atoms with Gasteiger partial charge in [-0.15, -0.1) is 0 Å². The van der Waals surface area contributed by atoms with Gasteiger partial charge < -0.3 is 14.9 Å². The fraction of sp³-hybridized carbons (Fsp3) is 0.455. The molecule has 2 rings (SSSR count). The Morgan fingerprint density at radius 2 is 2.25 bits per heavy atom. The monoisotopic (exact) mass is 320 g/mol. The van der Waals surface area contributed by atoms with Crippen molar-refractivity contribution in [1.82, 2.24) is 9.55 Å². The molecule has 1 aromatic rings. The number of aromatic amines is 1. The molecule has 1 aliphatic rings. The van der Waals surface area contributed by atoms with Gasteiger partial charge in [-0.1, -0.05) is 17.5 Å². The summed E-state index contributed by atoms with van der Waals surface area (Å²) in [6, 6.07) is 1.09. The van der Waals surface area contributed by atoms with Crippen molar-refractivity contribution in [3.63, 3.8) is 0 Å². The smallest absolute Gasteiger partial charge is 0.330 e. The van der Waals surface area contributed by atoms with Crippen LogP contribution in [0.2, 0.25) is 0 Å². The number of aliphatic hydroxyl groups is 2. The van der Waals surface area contributed by atoms with E-state index >= 15 is 0 Å². The molecule has 1 aliphatic heterocycles. The summed E-state index contributed by atoms with van der Waals surface area (Å²) in [6.07, 6.45) is -2.46. The molecule has 0 aromatic carbocycles. The first-order valence-electron chi connectivity index (χ1n) is 5.51. The van der Waals surface area contributed by atoms with Crippen molar-refractivity contribution in [3.05, 3.63) is 33.1 Å². The van der Waals surface area contributed by atoms with Gasteiger partial charge in [0.25, 0.3) is 5.56 Å². The fourth-order valence-electron chi connectivity index (χ4n) is 1.99. The summed E-state index contributed by atoms with van der Waals surface area (Å²) in [5.74, 6) is 2.37. The summed E-state index contributed by atoms with van der Waals surface area (Å²) in [5, 5.41) is 21.2. The van der Waals surface area contributed by atoms with E-state index in [9.17, 15) is 14.7 Å². The van der Waals surface area contributed by atoms with Crippen LogP contribution in [0.15, 0.2) is 21.9 Å². The number of nitrogens with one attached hydrogen (secondary N) is 1. The zero-order chi connectivity index (χ0) is 14.9. The summed E-state index contributed by atoms with van der Waals surface area (Å²) in [5.41, 5.74) is -1.37. The lowest BCUT2D eigenvalue weighted by Gasteiger charge is -2.25. The summed E-state index contributed by atoms with van der Waals surface area (Å²) in [6.45, 7) is -0.520. The van der Waals surface area contributed by atoms with Crippen LogP contribution in [0.1, 0.15) is 6.23 Å². The van der Waals surface area contributed by atoms with Gasteiger partial charge in [-0.2, -0.15) is 0 Å². The molecule has 1 unspecified atom stereocenters. The number of hydrogen-bond acceptors (Lipinski definition) is 5. The minimum absolute atomic E-state index is 0.520. The largest absolute Gasteiger partial charge is 0.394 e. The molecule has 0 radical (unpaired) electrons. The van der Waals surface area contributed by atoms with Crippen molar-refractivity contribution >= 4 is 23.2 Å². The van der Waals surface area contributed by atoms with E-state index in [-0.39, 0.29) is 0 Å². The fourth-order valence-corrected chi connectivity index (χ4v) is 2.54. The van der Waals surface area contributed by atoms with Crippen LogP contribution in [0.3, 0.4) is 0 Å². The highest BCUT2D eigenvalue weighted by Gasteiger charge is 2.55. The molecule has 1 fully saturated rings. The van der Waals surface area contributed by atoms with E-state index < -0.39 is 41.2 Å². The van der Waals surface area contributed by atoms with Crippen molar-refractivity contribution in [3.8, 4) is 11.3 Å². The molecular weight excluding hydrogens is 311 g/mol. The van der Waals surface area contributed by atoms with Gasteiger partial charge in [-0.05, 0) is 11.6 Å². The Morgan fingerprint density at radius 1 is 1.55 bits per heavy atom. The lowest BCUT2D eigenvalue weighted by atomic mass is 9.99. The van der Waals surface area contributed by atoms with Gasteiger partial charge in [0.1, 0.15) is 12.2 Å². The SMILES string of the molecule is O=c1ccn([C@@H]2O[C@H](CO)[C@H](O)C2(Cl)C#CCl)c(=O)[nH]1. The normalized spacial score (nSPS) is 32.7. The summed E-state index contributed by atoms with van der Waals surface area (Å²) >= 11 is 11.5. The summed E-state index contributed by atoms with van der Waals surface area (Å²) < 4.78 is 6.31. The van der Waals surface area contributed by atoms with Gasteiger partial charge in [0.2, 0.25) is 0 Å². The number of ether oxygens (including phenoxy) is 1. The van der Waals surface area contributed by atoms with Gasteiger partial charge in [0.15, 0.2) is 11.1 Å². The molecule has 0 aliphatic carbocycles. The second-order valence-corrected chi connectivity index (χ2v) is 4.97. The van der Waals surface area contributed by atoms with Crippen LogP contribution in [-0.4, -0.2) is 43.5 Å². The number of halogens is 2. The van der Waals surface area contributed by atoms with Crippen molar-refractivity contribution in [2.75, 3.05) is 6.61 Å². The number of aliphatic hydroxyl groups excluding tert-OH is 2. The van der Waals surface area contributed by atoms with Gasteiger partial charge in [0.05, 0.1) is 6.61 Å². The average molecular weight is 321 g/mol. The highest BCUT2D eigenvalue weighted by molar-refractivity contribution is 6.32. The number of hydrogen-bond donors (Lipinski definition) is 3. The summed E-state index contributed by atoms with van der Waals surface area (Å²) in [7, 11) is 0. The first-order chi connectivity index (χ1) is 9.43. The van der Waals surface area contributed by atoms with Gasteiger partial charge in [-0.25, -0.2) is 4.79 Å². The molecule has 0 spiro atoms. The molecule has 1 aromatic heterocycles. The van der Waals surface area contributed by atoms with Gasteiger partial charge in [0, 0.05) is 17.6 Å². The molecular formula is C11H10Cl2N2O5. The maximum Gasteiger partial charge on any atom is 0.330 e. The minimum atomic E-state index is -1.72. The Morgan fingerprint density at radius 3 is 2.80 bits per heavy atom. The highest BCUT2D eigenvalue weighted by Crippen LogP contribution is 2.42. The van der Waals surface area contributed by atoms with Crippen LogP contribution < -0.4 is 11.2 Å². The van der Waals surface area contributed by atoms with E-state index in [2.05, 4.69) is 5.92 Å². The van der Waals surface area contributed by atoms with E-state index in [1.54, 1.807) is 0 Å². The Balaban J connectivity index is 2.55. The third kappa shape index (κ3) is 2.37. The predicted molar refractivity (Wildman–Crippen MR) is 70.5 cm³/mol. The minimum Gasteiger partial charge on any atom is -0.394 e. The predicted octanol–water partition coefficient (Wildman–Crippen LogP) is -1.04. The zero-order valence-electron chi connectivity index (χ0n) is 9.92. The molecule has 20 heavy (non-hydrogen) atoms. The van der Waals surface area contributed by atoms with Crippen LogP contribution in [0, 0.1) is 11.3 Å². The van der Waals surface area contributed by atoms with Crippen molar-refractivity contribution < 1.29 is 14.9 Å². The van der Waals surface area contributed by atoms with Crippen LogP contribution in [0.5, 0.6) is 0 Å². The van der Waals surface area contributed by atoms with Crippen molar-refractivity contribution in [1.29, 1.82) is 0 Å². The number of H-pyrrole nitrogens is 1. The lowest BCUT2D eigenvalue weighted by molar-refractivity contribution is -0.0464. The molecule has 1 saturated heterocycles. The van der Waals surface area contributed by atoms with Gasteiger partial charge >= 0.3 is 5.69 Å². The molecule has 9 heteroatoms. The standard InChI is InChI=1S/C11H10Cl2N2O5/c12-3-2-11(13)8(18)6(5-16)20-9(11)15-4-1-7(17)14-10(15)19/h1,4,6,8-9,16,18H,5H2,(H,14,17,19)/t6-,8+,9-,11?/m1/s1. The van der Waals surface area contributed by atoms with E-state index in [1.807, 2.05) is 10.4 Å². The van der Waals surface area contributed by atoms with Crippen LogP contribution in [0.25, 0.3) is 0 Å². The maximum absolute atomic E-state index is 11.8. The average Bonchev–Trinajstić information content (AvgIpc) is 2.63. The van der Waals surface area contributed by atoms with E-state index in [0.717, 1.165) is 16.8 Å².